The molecule has 290 valence electrons. The number of aryl methyl sites for hydroxylation is 1. The normalized spacial score (nSPS) is 19.9. The summed E-state index contributed by atoms with van der Waals surface area (Å²) >= 11 is 0. The van der Waals surface area contributed by atoms with Crippen LogP contribution in [0.25, 0.3) is 11.3 Å². The van der Waals surface area contributed by atoms with E-state index in [0.29, 0.717) is 46.2 Å². The van der Waals surface area contributed by atoms with E-state index in [1.54, 1.807) is 19.4 Å². The van der Waals surface area contributed by atoms with Gasteiger partial charge in [0.2, 0.25) is 5.91 Å². The molecule has 1 amide bonds. The average molecular weight is 748 g/mol. The van der Waals surface area contributed by atoms with Crippen LogP contribution in [0.3, 0.4) is 0 Å². The smallest absolute Gasteiger partial charge is 0.293 e. The fourth-order valence-electron chi connectivity index (χ4n) is 9.17. The van der Waals surface area contributed by atoms with Gasteiger partial charge in [0.25, 0.3) is 5.56 Å². The number of nitrogens with one attached hydrogen (secondary N) is 2. The lowest BCUT2D eigenvalue weighted by atomic mass is 9.90. The molecular weight excluding hydrogens is 695 g/mol. The lowest BCUT2D eigenvalue weighted by molar-refractivity contribution is -0.111. The number of ether oxygens (including phenoxy) is 1. The second kappa shape index (κ2) is 14.9. The molecule has 3 N–H and O–H groups in total. The van der Waals surface area contributed by atoms with Crippen molar-refractivity contribution in [3.63, 3.8) is 0 Å². The zero-order chi connectivity index (χ0) is 38.4. The first-order valence-corrected chi connectivity index (χ1v) is 19.6. The summed E-state index contributed by atoms with van der Waals surface area (Å²) < 4.78 is 9.57. The summed E-state index contributed by atoms with van der Waals surface area (Å²) in [6.07, 6.45) is 8.99. The number of pyridine rings is 1. The zero-order valence-corrected chi connectivity index (χ0v) is 32.5. The van der Waals surface area contributed by atoms with E-state index in [9.17, 15) is 14.7 Å². The average Bonchev–Trinajstić information content (AvgIpc) is 3.67. The fraction of sp³-hybridized carbons (Fsp3) is 0.476. The molecule has 4 aromatic rings. The van der Waals surface area contributed by atoms with Crippen molar-refractivity contribution >= 4 is 34.6 Å². The number of benzene rings is 1. The van der Waals surface area contributed by atoms with E-state index in [2.05, 4.69) is 63.3 Å². The lowest BCUT2D eigenvalue weighted by Crippen LogP contribution is -2.56. The van der Waals surface area contributed by atoms with Gasteiger partial charge in [0.05, 0.1) is 30.2 Å². The summed E-state index contributed by atoms with van der Waals surface area (Å²) in [7, 11) is 1.69. The van der Waals surface area contributed by atoms with Crippen LogP contribution in [0.5, 0.6) is 0 Å². The van der Waals surface area contributed by atoms with Crippen molar-refractivity contribution in [3.05, 3.63) is 88.2 Å². The minimum Gasteiger partial charge on any atom is -0.392 e. The van der Waals surface area contributed by atoms with E-state index in [4.69, 9.17) is 14.7 Å². The van der Waals surface area contributed by atoms with E-state index in [1.807, 2.05) is 24.3 Å². The Morgan fingerprint density at radius 2 is 1.93 bits per heavy atom. The van der Waals surface area contributed by atoms with Crippen LogP contribution >= 0.6 is 0 Å². The van der Waals surface area contributed by atoms with Gasteiger partial charge in [-0.15, -0.1) is 0 Å². The minimum absolute atomic E-state index is 0.127. The van der Waals surface area contributed by atoms with Gasteiger partial charge in [0.1, 0.15) is 5.82 Å². The first-order valence-electron chi connectivity index (χ1n) is 19.6. The van der Waals surface area contributed by atoms with E-state index >= 15 is 0 Å². The molecule has 13 nitrogen and oxygen atoms in total. The van der Waals surface area contributed by atoms with Gasteiger partial charge < -0.3 is 39.4 Å². The number of anilines is 5. The molecule has 1 atom stereocenters. The summed E-state index contributed by atoms with van der Waals surface area (Å²) in [5.74, 6) is 0.532. The van der Waals surface area contributed by atoms with Gasteiger partial charge in [0.15, 0.2) is 5.82 Å². The Balaban J connectivity index is 1.06. The van der Waals surface area contributed by atoms with E-state index in [1.165, 1.54) is 27.6 Å². The largest absolute Gasteiger partial charge is 0.392 e. The van der Waals surface area contributed by atoms with Crippen LogP contribution in [-0.4, -0.2) is 86.5 Å². The van der Waals surface area contributed by atoms with Crippen LogP contribution in [-0.2, 0) is 49.1 Å². The highest BCUT2D eigenvalue weighted by Gasteiger charge is 2.35. The quantitative estimate of drug-likeness (QED) is 0.205. The second-order valence-electron chi connectivity index (χ2n) is 16.3. The molecule has 3 aliphatic heterocycles. The van der Waals surface area contributed by atoms with Crippen LogP contribution < -0.4 is 26.0 Å². The Bertz CT molecular complexity index is 2170. The first kappa shape index (κ1) is 37.0. The van der Waals surface area contributed by atoms with Crippen LogP contribution in [0, 0.1) is 5.41 Å². The van der Waals surface area contributed by atoms with Crippen molar-refractivity contribution in [1.82, 2.24) is 24.0 Å². The van der Waals surface area contributed by atoms with Gasteiger partial charge in [-0.2, -0.15) is 0 Å². The lowest BCUT2D eigenvalue weighted by Gasteiger charge is -2.45. The topological polar surface area (TPSA) is 133 Å². The van der Waals surface area contributed by atoms with Gasteiger partial charge >= 0.3 is 0 Å². The minimum atomic E-state index is -0.317. The number of aliphatic hydroxyl groups excluding tert-OH is 1. The number of fused-ring (bicyclic) bond motifs is 3. The standard InChI is InChI=1S/C42H53N9O4/c1-6-38(53)45-34-20-29(7-8-36(34)50-15-13-48(23-27(50)2)30-10-17-55-18-11-30)44-39-41(54)47(5)25-35(46-39)32-9-12-43-40(33(32)26-52)49-14-16-51-31(24-49)19-28-21-42(3,4)22-37(28)51/h6-9,12,19-20,25,27,30,52H,1,10-11,13-18,21-24,26H2,2-5H3,(H,44,46)(H,45,53). The molecule has 55 heavy (non-hydrogen) atoms. The molecule has 13 heteroatoms. The monoisotopic (exact) mass is 747 g/mol. The third-order valence-electron chi connectivity index (χ3n) is 11.9. The Kier molecular flexibility index (Phi) is 10.0. The van der Waals surface area contributed by atoms with Crippen LogP contribution in [0.2, 0.25) is 0 Å². The molecule has 3 aromatic heterocycles. The Morgan fingerprint density at radius 3 is 2.69 bits per heavy atom. The molecule has 1 unspecified atom stereocenters. The van der Waals surface area contributed by atoms with Crippen LogP contribution in [0.1, 0.15) is 56.1 Å². The maximum absolute atomic E-state index is 13.5. The number of aromatic nitrogens is 4. The summed E-state index contributed by atoms with van der Waals surface area (Å²) in [6.45, 7) is 16.9. The summed E-state index contributed by atoms with van der Waals surface area (Å²) in [6, 6.07) is 10.7. The highest BCUT2D eigenvalue weighted by atomic mass is 16.5. The summed E-state index contributed by atoms with van der Waals surface area (Å²) in [4.78, 5) is 42.9. The molecule has 2 saturated heterocycles. The highest BCUT2D eigenvalue weighted by Crippen LogP contribution is 2.40. The number of carbonyl (C=O) groups is 1. The van der Waals surface area contributed by atoms with Crippen LogP contribution in [0.15, 0.2) is 60.2 Å². The van der Waals surface area contributed by atoms with Crippen molar-refractivity contribution in [2.75, 3.05) is 59.8 Å². The zero-order valence-electron chi connectivity index (χ0n) is 32.5. The Morgan fingerprint density at radius 1 is 1.11 bits per heavy atom. The summed E-state index contributed by atoms with van der Waals surface area (Å²) in [5, 5.41) is 17.0. The molecular formula is C42H53N9O4. The van der Waals surface area contributed by atoms with Gasteiger partial charge in [-0.1, -0.05) is 20.4 Å². The molecule has 6 heterocycles. The van der Waals surface area contributed by atoms with Crippen molar-refractivity contribution < 1.29 is 14.6 Å². The molecule has 0 saturated carbocycles. The van der Waals surface area contributed by atoms with Crippen LogP contribution in [0.4, 0.5) is 28.7 Å². The van der Waals surface area contributed by atoms with Gasteiger partial charge in [-0.25, -0.2) is 9.97 Å². The van der Waals surface area contributed by atoms with Gasteiger partial charge in [-0.05, 0) is 80.0 Å². The summed E-state index contributed by atoms with van der Waals surface area (Å²) in [5.41, 5.74) is 8.21. The third-order valence-corrected chi connectivity index (χ3v) is 11.9. The Labute approximate surface area is 322 Å². The second-order valence-corrected chi connectivity index (χ2v) is 16.3. The molecule has 8 rings (SSSR count). The van der Waals surface area contributed by atoms with Gasteiger partial charge in [-0.3, -0.25) is 14.5 Å². The molecule has 1 aromatic carbocycles. The molecule has 1 aliphatic carbocycles. The predicted octanol–water partition coefficient (Wildman–Crippen LogP) is 4.84. The van der Waals surface area contributed by atoms with Crippen molar-refractivity contribution in [2.24, 2.45) is 12.5 Å². The predicted molar refractivity (Wildman–Crippen MR) is 216 cm³/mol. The Hall–Kier alpha value is -4.98. The number of nitrogens with zero attached hydrogens (tertiary/aromatic N) is 7. The van der Waals surface area contributed by atoms with E-state index in [0.717, 1.165) is 83.1 Å². The maximum Gasteiger partial charge on any atom is 0.293 e. The van der Waals surface area contributed by atoms with E-state index < -0.39 is 0 Å². The number of amides is 1. The molecule has 4 aliphatic rings. The van der Waals surface area contributed by atoms with Crippen molar-refractivity contribution in [2.45, 2.75) is 78.2 Å². The molecule has 0 radical (unpaired) electrons. The number of piperazine rings is 1. The third kappa shape index (κ3) is 7.28. The number of rotatable bonds is 9. The molecule has 0 spiro atoms. The first-order chi connectivity index (χ1) is 26.5. The SMILES string of the molecule is C=CC(=O)Nc1cc(Nc2nc(-c3ccnc(N4CCn5c(cc6c5CC(C)(C)C6)C4)c3CO)cn(C)c2=O)ccc1N1CCN(C2CCOCC2)CC1C. The van der Waals surface area contributed by atoms with E-state index in [-0.39, 0.29) is 29.9 Å². The maximum atomic E-state index is 13.5. The van der Waals surface area contributed by atoms with Crippen molar-refractivity contribution in [3.8, 4) is 11.3 Å². The van der Waals surface area contributed by atoms with Gasteiger partial charge in [0, 0.05) is 106 Å². The number of hydrogen-bond donors (Lipinski definition) is 3. The number of aliphatic hydroxyl groups is 1. The van der Waals surface area contributed by atoms with Crippen molar-refractivity contribution in [1.29, 1.82) is 0 Å². The highest BCUT2D eigenvalue weighted by molar-refractivity contribution is 6.01. The number of carbonyl (C=O) groups excluding carboxylic acids is 1. The fourth-order valence-corrected chi connectivity index (χ4v) is 9.17. The molecule has 0 bridgehead atoms. The molecule has 2 fully saturated rings. The number of hydrogen-bond acceptors (Lipinski definition) is 10.